The van der Waals surface area contributed by atoms with E-state index in [4.69, 9.17) is 4.74 Å². The van der Waals surface area contributed by atoms with E-state index in [1.807, 2.05) is 6.07 Å². The third-order valence-electron chi connectivity index (χ3n) is 3.86. The highest BCUT2D eigenvalue weighted by Crippen LogP contribution is 2.36. The highest BCUT2D eigenvalue weighted by Gasteiger charge is 2.31. The van der Waals surface area contributed by atoms with E-state index in [9.17, 15) is 0 Å². The van der Waals surface area contributed by atoms with Crippen molar-refractivity contribution in [1.29, 1.82) is 0 Å². The Bertz CT molecular complexity index is 434. The maximum atomic E-state index is 5.17. The lowest BCUT2D eigenvalue weighted by atomic mass is 10.2. The summed E-state index contributed by atoms with van der Waals surface area (Å²) in [6, 6.07) is 2.56. The molecular formula is C15H26N4O. The van der Waals surface area contributed by atoms with Gasteiger partial charge < -0.3 is 15.0 Å². The molecule has 1 aliphatic rings. The molecule has 0 spiro atoms. The fourth-order valence-corrected chi connectivity index (χ4v) is 2.30. The Morgan fingerprint density at radius 1 is 1.45 bits per heavy atom. The van der Waals surface area contributed by atoms with Crippen LogP contribution in [0.3, 0.4) is 0 Å². The molecule has 112 valence electrons. The maximum absolute atomic E-state index is 5.17. The Morgan fingerprint density at radius 2 is 2.20 bits per heavy atom. The molecule has 1 N–H and O–H groups in total. The lowest BCUT2D eigenvalue weighted by Gasteiger charge is -2.26. The molecule has 0 saturated heterocycles. The van der Waals surface area contributed by atoms with Crippen molar-refractivity contribution in [2.45, 2.75) is 45.8 Å². The van der Waals surface area contributed by atoms with E-state index in [0.29, 0.717) is 12.6 Å². The van der Waals surface area contributed by atoms with Crippen molar-refractivity contribution in [2.24, 2.45) is 5.92 Å². The molecule has 0 aromatic carbocycles. The van der Waals surface area contributed by atoms with Gasteiger partial charge in [-0.1, -0.05) is 6.92 Å². The first-order chi connectivity index (χ1) is 9.65. The van der Waals surface area contributed by atoms with Crippen LogP contribution in [0.25, 0.3) is 0 Å². The third-order valence-corrected chi connectivity index (χ3v) is 3.86. The van der Waals surface area contributed by atoms with Crippen LogP contribution in [0.1, 0.15) is 38.9 Å². The average Bonchev–Trinajstić information content (AvgIpc) is 3.28. The largest absolute Gasteiger partial charge is 0.377 e. The van der Waals surface area contributed by atoms with Crippen molar-refractivity contribution in [2.75, 3.05) is 30.9 Å². The molecule has 0 bridgehead atoms. The van der Waals surface area contributed by atoms with E-state index >= 15 is 0 Å². The molecule has 2 rings (SSSR count). The van der Waals surface area contributed by atoms with Gasteiger partial charge in [0, 0.05) is 32.8 Å². The molecule has 1 aliphatic carbocycles. The first kappa shape index (κ1) is 15.0. The summed E-state index contributed by atoms with van der Waals surface area (Å²) in [6.45, 7) is 5.78. The summed E-state index contributed by atoms with van der Waals surface area (Å²) in [6.07, 6.45) is 3.75. The quantitative estimate of drug-likeness (QED) is 0.792. The van der Waals surface area contributed by atoms with E-state index in [-0.39, 0.29) is 0 Å². The van der Waals surface area contributed by atoms with Gasteiger partial charge in [0.25, 0.3) is 0 Å². The summed E-state index contributed by atoms with van der Waals surface area (Å²) in [5.41, 5.74) is 0. The zero-order chi connectivity index (χ0) is 14.5. The predicted octanol–water partition coefficient (Wildman–Crippen LogP) is 2.68. The van der Waals surface area contributed by atoms with Gasteiger partial charge in [-0.3, -0.25) is 0 Å². The van der Waals surface area contributed by atoms with Crippen LogP contribution in [-0.4, -0.2) is 36.7 Å². The van der Waals surface area contributed by atoms with E-state index in [1.165, 1.54) is 12.8 Å². The Morgan fingerprint density at radius 3 is 2.80 bits per heavy atom. The normalized spacial score (nSPS) is 16.0. The van der Waals surface area contributed by atoms with Crippen LogP contribution in [0.5, 0.6) is 0 Å². The molecule has 0 aliphatic heterocycles. The number of hydrogen-bond acceptors (Lipinski definition) is 5. The van der Waals surface area contributed by atoms with Crippen molar-refractivity contribution in [3.63, 3.8) is 0 Å². The van der Waals surface area contributed by atoms with Crippen molar-refractivity contribution in [3.05, 3.63) is 11.9 Å². The first-order valence-electron chi connectivity index (χ1n) is 7.49. The summed E-state index contributed by atoms with van der Waals surface area (Å²) in [5, 5.41) is 3.34. The zero-order valence-electron chi connectivity index (χ0n) is 13.0. The van der Waals surface area contributed by atoms with Gasteiger partial charge in [-0.25, -0.2) is 9.97 Å². The molecule has 1 saturated carbocycles. The first-order valence-corrected chi connectivity index (χ1v) is 7.49. The number of methoxy groups -OCH3 is 1. The van der Waals surface area contributed by atoms with Crippen LogP contribution < -0.4 is 10.2 Å². The molecule has 1 aromatic heterocycles. The number of anilines is 2. The molecule has 1 aromatic rings. The summed E-state index contributed by atoms with van der Waals surface area (Å²) in [5.74, 6) is 3.41. The van der Waals surface area contributed by atoms with Gasteiger partial charge in [-0.15, -0.1) is 0 Å². The monoisotopic (exact) mass is 278 g/mol. The van der Waals surface area contributed by atoms with E-state index in [0.717, 1.165) is 36.3 Å². The molecule has 5 heteroatoms. The second kappa shape index (κ2) is 6.88. The Kier molecular flexibility index (Phi) is 5.17. The highest BCUT2D eigenvalue weighted by atomic mass is 16.5. The Labute approximate surface area is 121 Å². The van der Waals surface area contributed by atoms with Gasteiger partial charge in [0.1, 0.15) is 18.2 Å². The summed E-state index contributed by atoms with van der Waals surface area (Å²) in [4.78, 5) is 11.4. The molecule has 20 heavy (non-hydrogen) atoms. The summed E-state index contributed by atoms with van der Waals surface area (Å²) in [7, 11) is 3.79. The topological polar surface area (TPSA) is 50.3 Å². The fraction of sp³-hybridized carbons (Fsp3) is 0.733. The number of nitrogens with one attached hydrogen (secondary N) is 1. The highest BCUT2D eigenvalue weighted by molar-refractivity contribution is 5.49. The van der Waals surface area contributed by atoms with E-state index in [2.05, 4.69) is 41.1 Å². The number of nitrogens with zero attached hydrogens (tertiary/aromatic N) is 3. The molecule has 1 heterocycles. The predicted molar refractivity (Wildman–Crippen MR) is 82.1 cm³/mol. The van der Waals surface area contributed by atoms with Gasteiger partial charge in [0.2, 0.25) is 0 Å². The van der Waals surface area contributed by atoms with Crippen LogP contribution in [-0.2, 0) is 11.3 Å². The standard InChI is InChI=1S/C15H26N4O/c1-5-8-16-13-9-15(18-14(17-13)10-20-4)19(3)11(2)12-6-7-12/h9,11-12H,5-8,10H2,1-4H3,(H,16,17,18). The van der Waals surface area contributed by atoms with Crippen molar-refractivity contribution in [1.82, 2.24) is 9.97 Å². The lowest BCUT2D eigenvalue weighted by Crippen LogP contribution is -2.31. The van der Waals surface area contributed by atoms with E-state index < -0.39 is 0 Å². The minimum absolute atomic E-state index is 0.445. The molecule has 1 unspecified atom stereocenters. The van der Waals surface area contributed by atoms with Crippen molar-refractivity contribution in [3.8, 4) is 0 Å². The summed E-state index contributed by atoms with van der Waals surface area (Å²) >= 11 is 0. The van der Waals surface area contributed by atoms with Crippen LogP contribution in [0, 0.1) is 5.92 Å². The number of ether oxygens (including phenoxy) is 1. The molecule has 5 nitrogen and oxygen atoms in total. The number of aromatic nitrogens is 2. The molecular weight excluding hydrogens is 252 g/mol. The average molecular weight is 278 g/mol. The number of hydrogen-bond donors (Lipinski definition) is 1. The SMILES string of the molecule is CCCNc1cc(N(C)C(C)C2CC2)nc(COC)n1. The third kappa shape index (κ3) is 3.82. The van der Waals surface area contributed by atoms with Crippen LogP contribution in [0.2, 0.25) is 0 Å². The van der Waals surface area contributed by atoms with Crippen LogP contribution >= 0.6 is 0 Å². The minimum atomic E-state index is 0.445. The molecule has 0 amide bonds. The van der Waals surface area contributed by atoms with Gasteiger partial charge in [-0.05, 0) is 32.1 Å². The van der Waals surface area contributed by atoms with Crippen LogP contribution in [0.15, 0.2) is 6.07 Å². The molecule has 1 fully saturated rings. The van der Waals surface area contributed by atoms with E-state index in [1.54, 1.807) is 7.11 Å². The smallest absolute Gasteiger partial charge is 0.158 e. The summed E-state index contributed by atoms with van der Waals surface area (Å²) < 4.78 is 5.17. The van der Waals surface area contributed by atoms with Crippen molar-refractivity contribution >= 4 is 11.6 Å². The Hall–Kier alpha value is -1.36. The van der Waals surface area contributed by atoms with Gasteiger partial charge in [0.05, 0.1) is 0 Å². The van der Waals surface area contributed by atoms with Gasteiger partial charge in [-0.2, -0.15) is 0 Å². The van der Waals surface area contributed by atoms with Gasteiger partial charge in [0.15, 0.2) is 5.82 Å². The molecule has 0 radical (unpaired) electrons. The van der Waals surface area contributed by atoms with Crippen molar-refractivity contribution < 1.29 is 4.74 Å². The second-order valence-corrected chi connectivity index (χ2v) is 5.58. The molecule has 1 atom stereocenters. The van der Waals surface area contributed by atoms with Crippen LogP contribution in [0.4, 0.5) is 11.6 Å². The fourth-order valence-electron chi connectivity index (χ4n) is 2.30. The minimum Gasteiger partial charge on any atom is -0.377 e. The zero-order valence-corrected chi connectivity index (χ0v) is 13.0. The maximum Gasteiger partial charge on any atom is 0.158 e. The number of rotatable bonds is 8. The second-order valence-electron chi connectivity index (χ2n) is 5.58. The Balaban J connectivity index is 2.18. The lowest BCUT2D eigenvalue weighted by molar-refractivity contribution is 0.178. The van der Waals surface area contributed by atoms with Gasteiger partial charge >= 0.3 is 0 Å².